The maximum atomic E-state index is 13.2. The van der Waals surface area contributed by atoms with Gasteiger partial charge in [0.15, 0.2) is 11.6 Å². The third-order valence-electron chi connectivity index (χ3n) is 3.11. The van der Waals surface area contributed by atoms with Crippen LogP contribution in [0, 0.1) is 11.6 Å². The molecule has 2 aromatic rings. The van der Waals surface area contributed by atoms with Crippen LogP contribution in [0.2, 0.25) is 0 Å². The third kappa shape index (κ3) is 2.47. The van der Waals surface area contributed by atoms with Crippen LogP contribution in [0.4, 0.5) is 8.78 Å². The zero-order chi connectivity index (χ0) is 12.4. The Kier molecular flexibility index (Phi) is 3.43. The lowest BCUT2D eigenvalue weighted by molar-refractivity contribution is 0.358. The molecule has 0 radical (unpaired) electrons. The van der Waals surface area contributed by atoms with Crippen molar-refractivity contribution >= 4 is 10.9 Å². The van der Waals surface area contributed by atoms with Gasteiger partial charge in [-0.05, 0) is 31.6 Å². The first-order valence-electron chi connectivity index (χ1n) is 5.75. The van der Waals surface area contributed by atoms with E-state index in [2.05, 4.69) is 16.8 Å². The van der Waals surface area contributed by atoms with Gasteiger partial charge in [-0.15, -0.1) is 0 Å². The minimum atomic E-state index is -0.809. The second-order valence-electron chi connectivity index (χ2n) is 4.27. The summed E-state index contributed by atoms with van der Waals surface area (Å²) in [6, 6.07) is 2.47. The molecule has 0 spiro atoms. The molecule has 0 atom stereocenters. The van der Waals surface area contributed by atoms with E-state index in [-0.39, 0.29) is 0 Å². The molecule has 0 unspecified atom stereocenters. The molecule has 0 bridgehead atoms. The Labute approximate surface area is 99.2 Å². The largest absolute Gasteiger partial charge is 0.361 e. The van der Waals surface area contributed by atoms with Crippen LogP contribution in [-0.2, 0) is 6.42 Å². The SMILES string of the molecule is CCN(C)CCc1c[nH]c2cc(F)c(F)cc12. The summed E-state index contributed by atoms with van der Waals surface area (Å²) < 4.78 is 26.2. The molecule has 2 nitrogen and oxygen atoms in total. The summed E-state index contributed by atoms with van der Waals surface area (Å²) in [4.78, 5) is 5.15. The first kappa shape index (κ1) is 12.0. The summed E-state index contributed by atoms with van der Waals surface area (Å²) >= 11 is 0. The summed E-state index contributed by atoms with van der Waals surface area (Å²) in [5.41, 5.74) is 1.68. The Morgan fingerprint density at radius 2 is 1.94 bits per heavy atom. The number of nitrogens with zero attached hydrogens (tertiary/aromatic N) is 1. The average molecular weight is 238 g/mol. The van der Waals surface area contributed by atoms with Crippen molar-refractivity contribution in [2.45, 2.75) is 13.3 Å². The minimum Gasteiger partial charge on any atom is -0.361 e. The minimum absolute atomic E-state index is 0.651. The van der Waals surface area contributed by atoms with Crippen molar-refractivity contribution in [1.82, 2.24) is 9.88 Å². The van der Waals surface area contributed by atoms with Crippen LogP contribution in [0.25, 0.3) is 10.9 Å². The van der Waals surface area contributed by atoms with Gasteiger partial charge < -0.3 is 9.88 Å². The van der Waals surface area contributed by atoms with E-state index in [1.807, 2.05) is 13.2 Å². The first-order chi connectivity index (χ1) is 8.11. The number of likely N-dealkylation sites (N-methyl/N-ethyl adjacent to an activating group) is 1. The highest BCUT2D eigenvalue weighted by Crippen LogP contribution is 2.22. The lowest BCUT2D eigenvalue weighted by Crippen LogP contribution is -2.20. The van der Waals surface area contributed by atoms with Crippen molar-refractivity contribution in [2.75, 3.05) is 20.1 Å². The standard InChI is InChI=1S/C13H16F2N2/c1-3-17(2)5-4-9-8-16-13-7-12(15)11(14)6-10(9)13/h6-8,16H,3-5H2,1-2H3. The molecule has 0 fully saturated rings. The number of H-pyrrole nitrogens is 1. The summed E-state index contributed by atoms with van der Waals surface area (Å²) in [5, 5.41) is 0.772. The highest BCUT2D eigenvalue weighted by molar-refractivity contribution is 5.83. The van der Waals surface area contributed by atoms with Crippen LogP contribution >= 0.6 is 0 Å². The molecule has 0 aliphatic rings. The van der Waals surface area contributed by atoms with Crippen molar-refractivity contribution < 1.29 is 8.78 Å². The van der Waals surface area contributed by atoms with Gasteiger partial charge in [-0.25, -0.2) is 8.78 Å². The fraction of sp³-hybridized carbons (Fsp3) is 0.385. The summed E-state index contributed by atoms with van der Waals surface area (Å²) in [6.45, 7) is 3.97. The molecule has 1 aromatic heterocycles. The van der Waals surface area contributed by atoms with E-state index in [9.17, 15) is 8.78 Å². The zero-order valence-electron chi connectivity index (χ0n) is 10.1. The maximum absolute atomic E-state index is 13.2. The molecule has 0 amide bonds. The van der Waals surface area contributed by atoms with Crippen molar-refractivity contribution in [2.24, 2.45) is 0 Å². The van der Waals surface area contributed by atoms with E-state index in [0.717, 1.165) is 30.5 Å². The Morgan fingerprint density at radius 1 is 1.24 bits per heavy atom. The number of fused-ring (bicyclic) bond motifs is 1. The number of nitrogens with one attached hydrogen (secondary N) is 1. The third-order valence-corrected chi connectivity index (χ3v) is 3.11. The van der Waals surface area contributed by atoms with Gasteiger partial charge in [0.05, 0.1) is 0 Å². The fourth-order valence-corrected chi connectivity index (χ4v) is 1.85. The predicted octanol–water partition coefficient (Wildman–Crippen LogP) is 2.94. The molecule has 0 saturated carbocycles. The van der Waals surface area contributed by atoms with Gasteiger partial charge in [0.2, 0.25) is 0 Å². The molecular formula is C13H16F2N2. The highest BCUT2D eigenvalue weighted by Gasteiger charge is 2.09. The van der Waals surface area contributed by atoms with Crippen molar-refractivity contribution in [1.29, 1.82) is 0 Å². The number of hydrogen-bond donors (Lipinski definition) is 1. The number of rotatable bonds is 4. The average Bonchev–Trinajstić information content (AvgIpc) is 2.69. The topological polar surface area (TPSA) is 19.0 Å². The number of halogens is 2. The maximum Gasteiger partial charge on any atom is 0.160 e. The van der Waals surface area contributed by atoms with Crippen molar-refractivity contribution in [3.63, 3.8) is 0 Å². The smallest absolute Gasteiger partial charge is 0.160 e. The monoisotopic (exact) mass is 238 g/mol. The molecule has 4 heteroatoms. The predicted molar refractivity (Wildman–Crippen MR) is 65.1 cm³/mol. The molecule has 0 aliphatic heterocycles. The number of aromatic amines is 1. The molecule has 17 heavy (non-hydrogen) atoms. The van der Waals surface area contributed by atoms with E-state index in [4.69, 9.17) is 0 Å². The van der Waals surface area contributed by atoms with E-state index in [0.29, 0.717) is 5.52 Å². The van der Waals surface area contributed by atoms with Gasteiger partial charge in [0, 0.05) is 29.7 Å². The summed E-state index contributed by atoms with van der Waals surface area (Å²) in [7, 11) is 2.04. The van der Waals surface area contributed by atoms with Crippen molar-refractivity contribution in [3.05, 3.63) is 35.5 Å². The molecule has 1 N–H and O–H groups in total. The van der Waals surface area contributed by atoms with Gasteiger partial charge in [-0.3, -0.25) is 0 Å². The normalized spacial score (nSPS) is 11.6. The highest BCUT2D eigenvalue weighted by atomic mass is 19.2. The quantitative estimate of drug-likeness (QED) is 0.867. The van der Waals surface area contributed by atoms with Gasteiger partial charge in [0.25, 0.3) is 0 Å². The van der Waals surface area contributed by atoms with Gasteiger partial charge in [-0.1, -0.05) is 6.92 Å². The Bertz CT molecular complexity index is 519. The molecular weight excluding hydrogens is 222 g/mol. The molecule has 1 heterocycles. The number of aromatic nitrogens is 1. The van der Waals surface area contributed by atoms with Crippen LogP contribution in [0.5, 0.6) is 0 Å². The zero-order valence-corrected chi connectivity index (χ0v) is 10.1. The number of benzene rings is 1. The lowest BCUT2D eigenvalue weighted by atomic mass is 10.1. The Morgan fingerprint density at radius 3 is 2.65 bits per heavy atom. The molecule has 92 valence electrons. The molecule has 1 aromatic carbocycles. The van der Waals surface area contributed by atoms with Crippen LogP contribution in [0.1, 0.15) is 12.5 Å². The Hall–Kier alpha value is -1.42. The van der Waals surface area contributed by atoms with Crippen LogP contribution in [0.15, 0.2) is 18.3 Å². The van der Waals surface area contributed by atoms with Gasteiger partial charge in [-0.2, -0.15) is 0 Å². The van der Waals surface area contributed by atoms with Crippen LogP contribution < -0.4 is 0 Å². The van der Waals surface area contributed by atoms with Gasteiger partial charge >= 0.3 is 0 Å². The van der Waals surface area contributed by atoms with Gasteiger partial charge in [0.1, 0.15) is 0 Å². The van der Waals surface area contributed by atoms with E-state index < -0.39 is 11.6 Å². The van der Waals surface area contributed by atoms with E-state index in [1.165, 1.54) is 12.1 Å². The van der Waals surface area contributed by atoms with E-state index in [1.54, 1.807) is 0 Å². The second kappa shape index (κ2) is 4.84. The fourth-order valence-electron chi connectivity index (χ4n) is 1.85. The first-order valence-corrected chi connectivity index (χ1v) is 5.75. The van der Waals surface area contributed by atoms with Crippen molar-refractivity contribution in [3.8, 4) is 0 Å². The summed E-state index contributed by atoms with van der Waals surface area (Å²) in [6.07, 6.45) is 2.66. The molecule has 2 rings (SSSR count). The lowest BCUT2D eigenvalue weighted by Gasteiger charge is -2.12. The van der Waals surface area contributed by atoms with Crippen LogP contribution in [0.3, 0.4) is 0 Å². The van der Waals surface area contributed by atoms with Crippen LogP contribution in [-0.4, -0.2) is 30.0 Å². The number of hydrogen-bond acceptors (Lipinski definition) is 1. The van der Waals surface area contributed by atoms with E-state index >= 15 is 0 Å². The Balaban J connectivity index is 2.26. The summed E-state index contributed by atoms with van der Waals surface area (Å²) in [5.74, 6) is -1.60. The molecule has 0 aliphatic carbocycles. The molecule has 0 saturated heterocycles. The second-order valence-corrected chi connectivity index (χ2v) is 4.27.